The maximum atomic E-state index is 14.8. The van der Waals surface area contributed by atoms with Crippen LogP contribution in [0, 0.1) is 25.6 Å². The van der Waals surface area contributed by atoms with Crippen LogP contribution >= 0.6 is 0 Å². The molecule has 2 unspecified atom stereocenters. The highest BCUT2D eigenvalue weighted by molar-refractivity contribution is 5.98. The van der Waals surface area contributed by atoms with Crippen LogP contribution in [-0.2, 0) is 25.5 Å². The largest absolute Gasteiger partial charge is 0.458 e. The Morgan fingerprint density at radius 2 is 1.95 bits per heavy atom. The summed E-state index contributed by atoms with van der Waals surface area (Å²) in [5.41, 5.74) is 9.84. The summed E-state index contributed by atoms with van der Waals surface area (Å²) in [6, 6.07) is 1.68. The monoisotopic (exact) mass is 536 g/mol. The number of cyclic esters (lactones) is 1. The number of aryl methyl sites for hydroxylation is 1. The van der Waals surface area contributed by atoms with Gasteiger partial charge >= 0.3 is 5.97 Å². The molecule has 0 spiro atoms. The van der Waals surface area contributed by atoms with Crippen molar-refractivity contribution in [1.82, 2.24) is 0 Å². The normalized spacial score (nSPS) is 20.5. The Bertz CT molecular complexity index is 1240. The van der Waals surface area contributed by atoms with Crippen molar-refractivity contribution in [2.75, 3.05) is 13.7 Å². The molecule has 4 nitrogen and oxygen atoms in total. The van der Waals surface area contributed by atoms with Crippen LogP contribution in [0.25, 0.3) is 5.57 Å². The fraction of sp³-hybridized carbons (Fsp3) is 0.529. The van der Waals surface area contributed by atoms with Gasteiger partial charge in [-0.2, -0.15) is 0 Å². The summed E-state index contributed by atoms with van der Waals surface area (Å²) >= 11 is 0. The lowest BCUT2D eigenvalue weighted by Crippen LogP contribution is -2.35. The topological polar surface area (TPSA) is 52.6 Å². The zero-order chi connectivity index (χ0) is 28.9. The maximum Gasteiger partial charge on any atom is 0.340 e. The second-order valence-corrected chi connectivity index (χ2v) is 11.1. The van der Waals surface area contributed by atoms with E-state index in [1.807, 2.05) is 19.9 Å². The van der Waals surface area contributed by atoms with E-state index in [0.29, 0.717) is 17.1 Å². The Morgan fingerprint density at radius 3 is 2.56 bits per heavy atom. The Hall–Kier alpha value is -2.79. The Balaban J connectivity index is 2.33. The molecule has 0 N–H and O–H groups in total. The molecule has 39 heavy (non-hydrogen) atoms. The molecule has 2 aliphatic rings. The van der Waals surface area contributed by atoms with Crippen LogP contribution in [0.15, 0.2) is 46.1 Å². The molecule has 0 aromatic heterocycles. The van der Waals surface area contributed by atoms with Gasteiger partial charge in [0, 0.05) is 18.3 Å². The minimum absolute atomic E-state index is 0.0423. The highest BCUT2D eigenvalue weighted by atomic mass is 19.1. The number of hydrogen-bond acceptors (Lipinski definition) is 4. The van der Waals surface area contributed by atoms with Crippen molar-refractivity contribution in [2.45, 2.75) is 99.5 Å². The van der Waals surface area contributed by atoms with E-state index in [4.69, 9.17) is 9.47 Å². The minimum atomic E-state index is -0.936. The molecule has 1 heterocycles. The lowest BCUT2D eigenvalue weighted by molar-refractivity contribution is -0.153. The van der Waals surface area contributed by atoms with E-state index >= 15 is 0 Å². The number of halogens is 1. The number of fused-ring (bicyclic) bond motifs is 1. The molecule has 1 aliphatic carbocycles. The van der Waals surface area contributed by atoms with Gasteiger partial charge in [-0.15, -0.1) is 0 Å². The molecular formula is C34H45FO4. The molecule has 5 heteroatoms. The zero-order valence-electron chi connectivity index (χ0n) is 25.1. The summed E-state index contributed by atoms with van der Waals surface area (Å²) in [5, 5.41) is 0. The Kier molecular flexibility index (Phi) is 10.7. The van der Waals surface area contributed by atoms with Gasteiger partial charge in [-0.1, -0.05) is 45.8 Å². The smallest absolute Gasteiger partial charge is 0.340 e. The van der Waals surface area contributed by atoms with Crippen molar-refractivity contribution >= 4 is 17.3 Å². The summed E-state index contributed by atoms with van der Waals surface area (Å²) in [6.07, 6.45) is 9.97. The molecule has 0 saturated heterocycles. The highest BCUT2D eigenvalue weighted by Crippen LogP contribution is 2.43. The van der Waals surface area contributed by atoms with Crippen molar-refractivity contribution in [3.05, 3.63) is 74.2 Å². The summed E-state index contributed by atoms with van der Waals surface area (Å²) in [5.74, 6) is -0.281. The van der Waals surface area contributed by atoms with Crippen LogP contribution in [0.4, 0.5) is 4.39 Å². The number of rotatable bonds is 10. The van der Waals surface area contributed by atoms with Crippen LogP contribution < -0.4 is 0 Å². The molecule has 0 fully saturated rings. The van der Waals surface area contributed by atoms with Crippen LogP contribution in [0.1, 0.15) is 95.4 Å². The van der Waals surface area contributed by atoms with Crippen molar-refractivity contribution in [1.29, 1.82) is 0 Å². The van der Waals surface area contributed by atoms with Gasteiger partial charge in [0.2, 0.25) is 0 Å². The molecule has 1 aromatic carbocycles. The standard InChI is InChI=1S/C34H45FO4/c1-9-11-13-25(21(4)17-29-30(24(7)36)19-39-34(37)33(29)38-8)28(16-20(3)10-2)27-15-12-14-26-23(6)31(35)18-22(5)32(26)27/h13,17-18,20,33H,9-12,14-16,19H2,1-8H3/b21-17+,25-13+,28-27-. The van der Waals surface area contributed by atoms with Gasteiger partial charge in [0.05, 0.1) is 0 Å². The van der Waals surface area contributed by atoms with Gasteiger partial charge in [-0.3, -0.25) is 4.79 Å². The van der Waals surface area contributed by atoms with Crippen LogP contribution in [-0.4, -0.2) is 31.6 Å². The van der Waals surface area contributed by atoms with Crippen molar-refractivity contribution in [2.24, 2.45) is 5.92 Å². The van der Waals surface area contributed by atoms with Crippen LogP contribution in [0.5, 0.6) is 0 Å². The third-order valence-corrected chi connectivity index (χ3v) is 8.24. The summed E-state index contributed by atoms with van der Waals surface area (Å²) < 4.78 is 25.5. The maximum absolute atomic E-state index is 14.8. The van der Waals surface area contributed by atoms with Crippen molar-refractivity contribution in [3.8, 4) is 0 Å². The predicted molar refractivity (Wildman–Crippen MR) is 156 cm³/mol. The highest BCUT2D eigenvalue weighted by Gasteiger charge is 2.33. The van der Waals surface area contributed by atoms with Gasteiger partial charge in [0.15, 0.2) is 11.9 Å². The fourth-order valence-electron chi connectivity index (χ4n) is 5.83. The minimum Gasteiger partial charge on any atom is -0.458 e. The second-order valence-electron chi connectivity index (χ2n) is 11.1. The number of methoxy groups -OCH3 is 1. The molecule has 1 aromatic rings. The summed E-state index contributed by atoms with van der Waals surface area (Å²) in [6.45, 7) is 14.1. The number of ether oxygens (including phenoxy) is 2. The number of esters is 1. The van der Waals surface area contributed by atoms with Gasteiger partial charge in [0.25, 0.3) is 0 Å². The molecule has 3 rings (SSSR count). The van der Waals surface area contributed by atoms with Crippen LogP contribution in [0.3, 0.4) is 0 Å². The van der Waals surface area contributed by atoms with E-state index in [9.17, 15) is 14.0 Å². The fourth-order valence-corrected chi connectivity index (χ4v) is 5.83. The number of unbranched alkanes of at least 4 members (excludes halogenated alkanes) is 1. The first kappa shape index (κ1) is 30.7. The second kappa shape index (κ2) is 13.5. The number of carbonyl (C=O) groups is 2. The van der Waals surface area contributed by atoms with Crippen molar-refractivity contribution < 1.29 is 23.5 Å². The molecule has 0 amide bonds. The van der Waals surface area contributed by atoms with Crippen molar-refractivity contribution in [3.63, 3.8) is 0 Å². The molecule has 1 aliphatic heterocycles. The number of hydrogen-bond donors (Lipinski definition) is 0. The number of Topliss-reactive ketones (excluding diaryl/α,β-unsaturated/α-hetero) is 1. The lowest BCUT2D eigenvalue weighted by atomic mass is 9.76. The van der Waals surface area contributed by atoms with E-state index in [1.54, 1.807) is 6.07 Å². The lowest BCUT2D eigenvalue weighted by Gasteiger charge is -2.29. The molecule has 212 valence electrons. The average molecular weight is 537 g/mol. The molecule has 2 atom stereocenters. The van der Waals surface area contributed by atoms with Gasteiger partial charge in [-0.05, 0) is 116 Å². The molecular weight excluding hydrogens is 491 g/mol. The summed E-state index contributed by atoms with van der Waals surface area (Å²) in [7, 11) is 1.46. The quantitative estimate of drug-likeness (QED) is 0.224. The average Bonchev–Trinajstić information content (AvgIpc) is 2.90. The molecule has 0 bridgehead atoms. The van der Waals surface area contributed by atoms with E-state index in [0.717, 1.165) is 72.8 Å². The van der Waals surface area contributed by atoms with E-state index in [-0.39, 0.29) is 18.2 Å². The molecule has 0 radical (unpaired) electrons. The number of ketones is 1. The Labute approximate surface area is 234 Å². The summed E-state index contributed by atoms with van der Waals surface area (Å²) in [4.78, 5) is 25.1. The van der Waals surface area contributed by atoms with Crippen LogP contribution in [0.2, 0.25) is 0 Å². The third-order valence-electron chi connectivity index (χ3n) is 8.24. The zero-order valence-corrected chi connectivity index (χ0v) is 25.1. The first-order valence-corrected chi connectivity index (χ1v) is 14.4. The van der Waals surface area contributed by atoms with E-state index < -0.39 is 12.1 Å². The van der Waals surface area contributed by atoms with E-state index in [2.05, 4.69) is 33.8 Å². The number of benzene rings is 1. The predicted octanol–water partition coefficient (Wildman–Crippen LogP) is 8.10. The van der Waals surface area contributed by atoms with Gasteiger partial charge < -0.3 is 9.47 Å². The Morgan fingerprint density at radius 1 is 1.23 bits per heavy atom. The SMILES string of the molecule is CCC/C=C(C(/CC(C)CC)=C1/CCCc2c(C)c(F)cc(C)c21)\C(C)=C\C1=C(C(C)=O)COC(=O)C1OC. The van der Waals surface area contributed by atoms with Gasteiger partial charge in [-0.25, -0.2) is 9.18 Å². The van der Waals surface area contributed by atoms with E-state index in [1.165, 1.54) is 30.7 Å². The number of allylic oxidation sites excluding steroid dienone is 5. The first-order chi connectivity index (χ1) is 18.5. The first-order valence-electron chi connectivity index (χ1n) is 14.4. The third kappa shape index (κ3) is 6.69. The molecule has 0 saturated carbocycles. The van der Waals surface area contributed by atoms with Gasteiger partial charge in [0.1, 0.15) is 12.4 Å². The number of carbonyl (C=O) groups excluding carboxylic acids is 2.